The van der Waals surface area contributed by atoms with Crippen molar-refractivity contribution < 1.29 is 0 Å². The van der Waals surface area contributed by atoms with Crippen molar-refractivity contribution in [3.63, 3.8) is 0 Å². The first-order chi connectivity index (χ1) is 12.3. The van der Waals surface area contributed by atoms with Gasteiger partial charge in [0.1, 0.15) is 5.69 Å². The summed E-state index contributed by atoms with van der Waals surface area (Å²) in [5, 5.41) is 8.79. The largest absolute Gasteiger partial charge is 0.299 e. The molecule has 1 fully saturated rings. The maximum atomic E-state index is 4.40. The molecule has 0 amide bonds. The first-order valence-corrected chi connectivity index (χ1v) is 9.03. The summed E-state index contributed by atoms with van der Waals surface area (Å²) in [6.45, 7) is 5.37. The molecule has 0 atom stereocenters. The SMILES string of the molecule is Cc1cccc(-c2cn(C3CCN(Cc4ccccc4)CC3)nn2)c1.Cl.Cl. The number of rotatable bonds is 4. The highest BCUT2D eigenvalue weighted by Gasteiger charge is 2.21. The molecule has 4 rings (SSSR count). The van der Waals surface area contributed by atoms with Crippen molar-refractivity contribution in [1.29, 1.82) is 0 Å². The number of hydrogen-bond donors (Lipinski definition) is 0. The number of nitrogens with zero attached hydrogens (tertiary/aromatic N) is 4. The molecule has 2 heterocycles. The Bertz CT molecular complexity index is 827. The molecular weight excluding hydrogens is 379 g/mol. The molecule has 4 nitrogen and oxygen atoms in total. The average molecular weight is 405 g/mol. The van der Waals surface area contributed by atoms with Crippen molar-refractivity contribution in [2.24, 2.45) is 0 Å². The molecule has 0 spiro atoms. The molecule has 1 saturated heterocycles. The molecule has 0 unspecified atom stereocenters. The maximum absolute atomic E-state index is 4.40. The lowest BCUT2D eigenvalue weighted by atomic mass is 10.0. The molecule has 3 aromatic rings. The highest BCUT2D eigenvalue weighted by Crippen LogP contribution is 2.25. The standard InChI is InChI=1S/C21H24N4.2ClH/c1-17-6-5-9-19(14-17)21-16-25(23-22-21)20-10-12-24(13-11-20)15-18-7-3-2-4-8-18;;/h2-9,14,16,20H,10-13,15H2,1H3;2*1H. The lowest BCUT2D eigenvalue weighted by Crippen LogP contribution is -2.34. The quantitative estimate of drug-likeness (QED) is 0.617. The molecule has 27 heavy (non-hydrogen) atoms. The van der Waals surface area contributed by atoms with Crippen LogP contribution in [0.4, 0.5) is 0 Å². The van der Waals surface area contributed by atoms with Crippen LogP contribution in [-0.4, -0.2) is 33.0 Å². The third-order valence-corrected chi connectivity index (χ3v) is 5.00. The molecule has 0 aliphatic carbocycles. The molecule has 0 N–H and O–H groups in total. The van der Waals surface area contributed by atoms with Crippen molar-refractivity contribution in [2.75, 3.05) is 13.1 Å². The van der Waals surface area contributed by atoms with Crippen LogP contribution in [0.3, 0.4) is 0 Å². The van der Waals surface area contributed by atoms with Crippen LogP contribution in [-0.2, 0) is 6.54 Å². The number of benzene rings is 2. The Morgan fingerprint density at radius 1 is 0.963 bits per heavy atom. The number of halogens is 2. The van der Waals surface area contributed by atoms with Crippen LogP contribution in [0.5, 0.6) is 0 Å². The van der Waals surface area contributed by atoms with E-state index in [2.05, 4.69) is 87.6 Å². The van der Waals surface area contributed by atoms with E-state index >= 15 is 0 Å². The van der Waals surface area contributed by atoms with Crippen LogP contribution < -0.4 is 0 Å². The van der Waals surface area contributed by atoms with Gasteiger partial charge in [-0.05, 0) is 31.4 Å². The Balaban J connectivity index is 0.00000131. The van der Waals surface area contributed by atoms with Gasteiger partial charge in [0, 0.05) is 25.2 Å². The number of hydrogen-bond acceptors (Lipinski definition) is 3. The van der Waals surface area contributed by atoms with Gasteiger partial charge in [-0.15, -0.1) is 29.9 Å². The summed E-state index contributed by atoms with van der Waals surface area (Å²) in [4.78, 5) is 2.53. The Labute approximate surface area is 173 Å². The Hall–Kier alpha value is -1.88. The van der Waals surface area contributed by atoms with E-state index in [9.17, 15) is 0 Å². The average Bonchev–Trinajstić information content (AvgIpc) is 3.13. The van der Waals surface area contributed by atoms with Crippen molar-refractivity contribution in [3.05, 3.63) is 71.9 Å². The topological polar surface area (TPSA) is 34.0 Å². The van der Waals surface area contributed by atoms with E-state index in [0.29, 0.717) is 6.04 Å². The van der Waals surface area contributed by atoms with Gasteiger partial charge in [0.15, 0.2) is 0 Å². The third kappa shape index (κ3) is 5.32. The van der Waals surface area contributed by atoms with Crippen LogP contribution >= 0.6 is 24.8 Å². The normalized spacial score (nSPS) is 15.0. The van der Waals surface area contributed by atoms with Gasteiger partial charge in [-0.25, -0.2) is 4.68 Å². The van der Waals surface area contributed by atoms with Crippen LogP contribution in [0.2, 0.25) is 0 Å². The van der Waals surface area contributed by atoms with Gasteiger partial charge in [0.25, 0.3) is 0 Å². The van der Waals surface area contributed by atoms with Crippen LogP contribution in [0.15, 0.2) is 60.8 Å². The second-order valence-electron chi connectivity index (χ2n) is 6.95. The zero-order chi connectivity index (χ0) is 17.1. The highest BCUT2D eigenvalue weighted by atomic mass is 35.5. The van der Waals surface area contributed by atoms with Crippen molar-refractivity contribution >= 4 is 24.8 Å². The number of aryl methyl sites for hydroxylation is 1. The zero-order valence-electron chi connectivity index (χ0n) is 15.5. The summed E-state index contributed by atoms with van der Waals surface area (Å²) in [5.41, 5.74) is 4.76. The van der Waals surface area contributed by atoms with Crippen LogP contribution in [0.25, 0.3) is 11.3 Å². The summed E-state index contributed by atoms with van der Waals surface area (Å²) in [5.74, 6) is 0. The second-order valence-corrected chi connectivity index (χ2v) is 6.95. The van der Waals surface area contributed by atoms with Gasteiger partial charge < -0.3 is 0 Å². The number of piperidine rings is 1. The Morgan fingerprint density at radius 2 is 1.70 bits per heavy atom. The zero-order valence-corrected chi connectivity index (χ0v) is 17.1. The minimum Gasteiger partial charge on any atom is -0.299 e. The minimum atomic E-state index is 0. The van der Waals surface area contributed by atoms with Gasteiger partial charge in [-0.2, -0.15) is 0 Å². The van der Waals surface area contributed by atoms with Crippen molar-refractivity contribution in [3.8, 4) is 11.3 Å². The van der Waals surface area contributed by atoms with Crippen molar-refractivity contribution in [1.82, 2.24) is 19.9 Å². The molecule has 1 aliphatic rings. The summed E-state index contributed by atoms with van der Waals surface area (Å²) in [6.07, 6.45) is 4.36. The Kier molecular flexibility index (Phi) is 7.84. The summed E-state index contributed by atoms with van der Waals surface area (Å²) >= 11 is 0. The van der Waals surface area contributed by atoms with E-state index in [0.717, 1.165) is 43.7 Å². The molecule has 144 valence electrons. The van der Waals surface area contributed by atoms with Crippen LogP contribution in [0.1, 0.15) is 30.0 Å². The van der Waals surface area contributed by atoms with Gasteiger partial charge in [0.05, 0.1) is 12.2 Å². The molecule has 0 radical (unpaired) electrons. The van der Waals surface area contributed by atoms with Gasteiger partial charge in [-0.3, -0.25) is 4.90 Å². The molecule has 1 aliphatic heterocycles. The lowest BCUT2D eigenvalue weighted by molar-refractivity contribution is 0.172. The summed E-state index contributed by atoms with van der Waals surface area (Å²) in [7, 11) is 0. The third-order valence-electron chi connectivity index (χ3n) is 5.00. The van der Waals surface area contributed by atoms with Crippen molar-refractivity contribution in [2.45, 2.75) is 32.4 Å². The summed E-state index contributed by atoms with van der Waals surface area (Å²) in [6, 6.07) is 19.6. The fourth-order valence-electron chi connectivity index (χ4n) is 3.58. The first-order valence-electron chi connectivity index (χ1n) is 9.03. The van der Waals surface area contributed by atoms with E-state index < -0.39 is 0 Å². The number of likely N-dealkylation sites (tertiary alicyclic amines) is 1. The molecule has 6 heteroatoms. The fourth-order valence-corrected chi connectivity index (χ4v) is 3.58. The van der Waals surface area contributed by atoms with E-state index in [4.69, 9.17) is 0 Å². The van der Waals surface area contributed by atoms with E-state index in [1.165, 1.54) is 11.1 Å². The molecule has 1 aromatic heterocycles. The fraction of sp³-hybridized carbons (Fsp3) is 0.333. The molecular formula is C21H26Cl2N4. The van der Waals surface area contributed by atoms with Gasteiger partial charge in [0.2, 0.25) is 0 Å². The summed E-state index contributed by atoms with van der Waals surface area (Å²) < 4.78 is 2.07. The molecule has 0 saturated carbocycles. The predicted octanol–water partition coefficient (Wildman–Crippen LogP) is 4.93. The smallest absolute Gasteiger partial charge is 0.113 e. The molecule has 2 aromatic carbocycles. The highest BCUT2D eigenvalue weighted by molar-refractivity contribution is 5.85. The lowest BCUT2D eigenvalue weighted by Gasteiger charge is -2.31. The van der Waals surface area contributed by atoms with E-state index in [1.807, 2.05) is 0 Å². The second kappa shape index (κ2) is 9.88. The van der Waals surface area contributed by atoms with E-state index in [-0.39, 0.29) is 24.8 Å². The van der Waals surface area contributed by atoms with Crippen LogP contribution in [0, 0.1) is 6.92 Å². The first kappa shape index (κ1) is 21.4. The predicted molar refractivity (Wildman–Crippen MR) is 115 cm³/mol. The molecule has 0 bridgehead atoms. The minimum absolute atomic E-state index is 0. The number of aromatic nitrogens is 3. The Morgan fingerprint density at radius 3 is 2.41 bits per heavy atom. The van der Waals surface area contributed by atoms with Gasteiger partial charge >= 0.3 is 0 Å². The van der Waals surface area contributed by atoms with E-state index in [1.54, 1.807) is 0 Å². The van der Waals surface area contributed by atoms with Gasteiger partial charge in [-0.1, -0.05) is 59.3 Å². The monoisotopic (exact) mass is 404 g/mol. The maximum Gasteiger partial charge on any atom is 0.113 e.